The lowest BCUT2D eigenvalue weighted by Gasteiger charge is -2.34. The van der Waals surface area contributed by atoms with Gasteiger partial charge in [-0.2, -0.15) is 4.31 Å². The molecule has 2 unspecified atom stereocenters. The van der Waals surface area contributed by atoms with Gasteiger partial charge in [-0.05, 0) is 36.8 Å². The Hall–Kier alpha value is -1.27. The molecule has 0 amide bonds. The van der Waals surface area contributed by atoms with Gasteiger partial charge >= 0.3 is 0 Å². The van der Waals surface area contributed by atoms with Crippen molar-refractivity contribution < 1.29 is 17.9 Å². The molecule has 6 heteroatoms. The van der Waals surface area contributed by atoms with E-state index in [1.165, 1.54) is 7.11 Å². The first kappa shape index (κ1) is 17.1. The van der Waals surface area contributed by atoms with E-state index in [1.807, 2.05) is 0 Å². The maximum absolute atomic E-state index is 13.0. The van der Waals surface area contributed by atoms with Crippen LogP contribution in [0.15, 0.2) is 17.0 Å². The predicted octanol–water partition coefficient (Wildman–Crippen LogP) is 2.68. The standard InChI is InChI=1S/C16H25NO4S/c1-11-6-12(2)10-17(9-11)22(18,19)16-8-15(21-5)14(20-4)7-13(16)3/h7-8,11-12H,6,9-10H2,1-5H3. The van der Waals surface area contributed by atoms with Crippen molar-refractivity contribution in [3.63, 3.8) is 0 Å². The fourth-order valence-electron chi connectivity index (χ4n) is 3.18. The number of benzene rings is 1. The van der Waals surface area contributed by atoms with Crippen molar-refractivity contribution in [1.29, 1.82) is 0 Å². The molecule has 22 heavy (non-hydrogen) atoms. The quantitative estimate of drug-likeness (QED) is 0.853. The van der Waals surface area contributed by atoms with Crippen LogP contribution in [0.5, 0.6) is 11.5 Å². The monoisotopic (exact) mass is 327 g/mol. The largest absolute Gasteiger partial charge is 0.493 e. The minimum Gasteiger partial charge on any atom is -0.493 e. The van der Waals surface area contributed by atoms with Crippen LogP contribution in [0.2, 0.25) is 0 Å². The normalized spacial score (nSPS) is 23.3. The van der Waals surface area contributed by atoms with Crippen LogP contribution >= 0.6 is 0 Å². The van der Waals surface area contributed by atoms with Crippen molar-refractivity contribution in [1.82, 2.24) is 4.31 Å². The average Bonchev–Trinajstić information content (AvgIpc) is 2.45. The van der Waals surface area contributed by atoms with Crippen LogP contribution in [0.1, 0.15) is 25.8 Å². The van der Waals surface area contributed by atoms with Crippen LogP contribution in [0.25, 0.3) is 0 Å². The Morgan fingerprint density at radius 1 is 1.05 bits per heavy atom. The second-order valence-corrected chi connectivity index (χ2v) is 8.15. The van der Waals surface area contributed by atoms with E-state index in [0.29, 0.717) is 46.9 Å². The molecule has 124 valence electrons. The summed E-state index contributed by atoms with van der Waals surface area (Å²) in [5.41, 5.74) is 0.670. The Bertz CT molecular complexity index is 632. The molecule has 1 aliphatic rings. The van der Waals surface area contributed by atoms with Crippen LogP contribution in [-0.2, 0) is 10.0 Å². The zero-order valence-electron chi connectivity index (χ0n) is 13.9. The van der Waals surface area contributed by atoms with Crippen molar-refractivity contribution in [2.75, 3.05) is 27.3 Å². The zero-order valence-corrected chi connectivity index (χ0v) is 14.7. The lowest BCUT2D eigenvalue weighted by molar-refractivity contribution is 0.222. The number of methoxy groups -OCH3 is 2. The van der Waals surface area contributed by atoms with Gasteiger partial charge in [-0.1, -0.05) is 13.8 Å². The molecule has 1 saturated heterocycles. The van der Waals surface area contributed by atoms with Gasteiger partial charge in [-0.3, -0.25) is 0 Å². The van der Waals surface area contributed by atoms with Gasteiger partial charge in [0, 0.05) is 19.2 Å². The summed E-state index contributed by atoms with van der Waals surface area (Å²) < 4.78 is 38.1. The lowest BCUT2D eigenvalue weighted by Crippen LogP contribution is -2.42. The highest BCUT2D eigenvalue weighted by atomic mass is 32.2. The molecule has 1 aromatic carbocycles. The van der Waals surface area contributed by atoms with E-state index in [0.717, 1.165) is 6.42 Å². The average molecular weight is 327 g/mol. The minimum atomic E-state index is -3.52. The SMILES string of the molecule is COc1cc(C)c(S(=O)(=O)N2CC(C)CC(C)C2)cc1OC. The van der Waals surface area contributed by atoms with Crippen molar-refractivity contribution in [2.45, 2.75) is 32.1 Å². The summed E-state index contributed by atoms with van der Waals surface area (Å²) in [6, 6.07) is 3.27. The molecule has 5 nitrogen and oxygen atoms in total. The van der Waals surface area contributed by atoms with Gasteiger partial charge in [0.05, 0.1) is 19.1 Å². The fourth-order valence-corrected chi connectivity index (χ4v) is 5.08. The molecule has 0 N–H and O–H groups in total. The number of ether oxygens (including phenoxy) is 2. The topological polar surface area (TPSA) is 55.8 Å². The molecule has 0 bridgehead atoms. The van der Waals surface area contributed by atoms with Gasteiger partial charge in [0.25, 0.3) is 0 Å². The minimum absolute atomic E-state index is 0.298. The van der Waals surface area contributed by atoms with Gasteiger partial charge in [0.15, 0.2) is 11.5 Å². The van der Waals surface area contributed by atoms with Gasteiger partial charge < -0.3 is 9.47 Å². The first-order chi connectivity index (χ1) is 10.3. The van der Waals surface area contributed by atoms with E-state index < -0.39 is 10.0 Å². The fraction of sp³-hybridized carbons (Fsp3) is 0.625. The summed E-state index contributed by atoms with van der Waals surface area (Å²) in [6.45, 7) is 7.12. The second kappa shape index (κ2) is 6.46. The molecule has 0 radical (unpaired) electrons. The summed E-state index contributed by atoms with van der Waals surface area (Å²) in [4.78, 5) is 0.298. The number of piperidine rings is 1. The molecule has 1 fully saturated rings. The molecule has 2 rings (SSSR count). The number of rotatable bonds is 4. The van der Waals surface area contributed by atoms with Crippen LogP contribution in [0, 0.1) is 18.8 Å². The van der Waals surface area contributed by atoms with Crippen molar-refractivity contribution in [3.8, 4) is 11.5 Å². The number of nitrogens with zero attached hydrogens (tertiary/aromatic N) is 1. The summed E-state index contributed by atoms with van der Waals surface area (Å²) in [5.74, 6) is 1.72. The third kappa shape index (κ3) is 3.22. The molecular formula is C16H25NO4S. The van der Waals surface area contributed by atoms with Crippen LogP contribution in [-0.4, -0.2) is 40.0 Å². The van der Waals surface area contributed by atoms with E-state index in [9.17, 15) is 8.42 Å². The molecule has 0 aromatic heterocycles. The Labute approximate surface area is 133 Å². The van der Waals surface area contributed by atoms with Gasteiger partial charge in [0.1, 0.15) is 0 Å². The molecule has 0 aliphatic carbocycles. The molecule has 0 spiro atoms. The van der Waals surface area contributed by atoms with Gasteiger partial charge in [0.2, 0.25) is 10.0 Å². The zero-order chi connectivity index (χ0) is 16.5. The van der Waals surface area contributed by atoms with Crippen molar-refractivity contribution >= 4 is 10.0 Å². The Balaban J connectivity index is 2.45. The number of aryl methyl sites for hydroxylation is 1. The van der Waals surface area contributed by atoms with E-state index >= 15 is 0 Å². The maximum atomic E-state index is 13.0. The molecule has 1 aliphatic heterocycles. The Morgan fingerprint density at radius 2 is 1.55 bits per heavy atom. The summed E-state index contributed by atoms with van der Waals surface area (Å²) in [5, 5.41) is 0. The van der Waals surface area contributed by atoms with E-state index in [1.54, 1.807) is 30.5 Å². The second-order valence-electron chi connectivity index (χ2n) is 6.24. The maximum Gasteiger partial charge on any atom is 0.243 e. The molecule has 1 heterocycles. The number of sulfonamides is 1. The number of hydrogen-bond donors (Lipinski definition) is 0. The third-order valence-electron chi connectivity index (χ3n) is 4.13. The van der Waals surface area contributed by atoms with E-state index in [-0.39, 0.29) is 0 Å². The van der Waals surface area contributed by atoms with Crippen LogP contribution < -0.4 is 9.47 Å². The Morgan fingerprint density at radius 3 is 2.05 bits per heavy atom. The van der Waals surface area contributed by atoms with Crippen LogP contribution in [0.4, 0.5) is 0 Å². The molecular weight excluding hydrogens is 302 g/mol. The van der Waals surface area contributed by atoms with Crippen molar-refractivity contribution in [2.24, 2.45) is 11.8 Å². The molecule has 2 atom stereocenters. The summed E-state index contributed by atoms with van der Waals surface area (Å²) >= 11 is 0. The number of hydrogen-bond acceptors (Lipinski definition) is 4. The van der Waals surface area contributed by atoms with Crippen LogP contribution in [0.3, 0.4) is 0 Å². The summed E-state index contributed by atoms with van der Waals surface area (Å²) in [6.07, 6.45) is 1.07. The summed E-state index contributed by atoms with van der Waals surface area (Å²) in [7, 11) is -0.469. The first-order valence-electron chi connectivity index (χ1n) is 7.52. The highest BCUT2D eigenvalue weighted by Gasteiger charge is 2.33. The predicted molar refractivity (Wildman–Crippen MR) is 86.0 cm³/mol. The third-order valence-corrected chi connectivity index (χ3v) is 6.11. The lowest BCUT2D eigenvalue weighted by atomic mass is 9.94. The Kier molecular flexibility index (Phi) is 5.02. The highest BCUT2D eigenvalue weighted by molar-refractivity contribution is 7.89. The molecule has 1 aromatic rings. The smallest absolute Gasteiger partial charge is 0.243 e. The highest BCUT2D eigenvalue weighted by Crippen LogP contribution is 2.35. The van der Waals surface area contributed by atoms with E-state index in [4.69, 9.17) is 9.47 Å². The first-order valence-corrected chi connectivity index (χ1v) is 8.96. The van der Waals surface area contributed by atoms with Gasteiger partial charge in [-0.15, -0.1) is 0 Å². The van der Waals surface area contributed by atoms with E-state index in [2.05, 4.69) is 13.8 Å². The molecule has 0 saturated carbocycles. The van der Waals surface area contributed by atoms with Crippen molar-refractivity contribution in [3.05, 3.63) is 17.7 Å². The van der Waals surface area contributed by atoms with Gasteiger partial charge in [-0.25, -0.2) is 8.42 Å².